The fraction of sp³-hybridized carbons (Fsp3) is 0.143. The number of para-hydroxylation sites is 1. The Balaban J connectivity index is 2.25. The molecule has 0 aliphatic carbocycles. The first kappa shape index (κ1) is 13.3. The Hall–Kier alpha value is -2.14. The van der Waals surface area contributed by atoms with Crippen LogP contribution in [0.4, 0.5) is 14.5 Å². The van der Waals surface area contributed by atoms with Gasteiger partial charge in [-0.15, -0.1) is 0 Å². The highest BCUT2D eigenvalue weighted by atomic mass is 19.1. The Labute approximate surface area is 109 Å². The third-order valence-electron chi connectivity index (χ3n) is 2.76. The molecule has 1 unspecified atom stereocenters. The Morgan fingerprint density at radius 1 is 1.05 bits per heavy atom. The number of anilines is 1. The quantitative estimate of drug-likeness (QED) is 0.796. The average molecular weight is 265 g/mol. The first-order valence-corrected chi connectivity index (χ1v) is 5.72. The topological polar surface area (TPSA) is 52.5 Å². The van der Waals surface area contributed by atoms with Gasteiger partial charge in [0.2, 0.25) is 0 Å². The summed E-state index contributed by atoms with van der Waals surface area (Å²) in [4.78, 5) is 0. The van der Waals surface area contributed by atoms with Crippen molar-refractivity contribution in [2.75, 3.05) is 11.9 Å². The van der Waals surface area contributed by atoms with Crippen LogP contribution in [0.25, 0.3) is 0 Å². The van der Waals surface area contributed by atoms with Gasteiger partial charge in [-0.2, -0.15) is 0 Å². The number of benzene rings is 2. The highest BCUT2D eigenvalue weighted by Crippen LogP contribution is 2.24. The standard InChI is InChI=1S/C14H13F2NO2/c15-10-3-1-2-4-12(10)17-13(8-18)9-5-6-14(19)11(16)7-9/h1-7,13,17-19H,8H2. The molecule has 2 aromatic carbocycles. The zero-order valence-corrected chi connectivity index (χ0v) is 9.98. The fourth-order valence-electron chi connectivity index (χ4n) is 1.74. The van der Waals surface area contributed by atoms with Crippen LogP contribution < -0.4 is 5.32 Å². The fourth-order valence-corrected chi connectivity index (χ4v) is 1.74. The number of hydrogen-bond acceptors (Lipinski definition) is 3. The average Bonchev–Trinajstić information content (AvgIpc) is 2.41. The maximum Gasteiger partial charge on any atom is 0.165 e. The van der Waals surface area contributed by atoms with Gasteiger partial charge in [0.05, 0.1) is 18.3 Å². The number of aliphatic hydroxyl groups excluding tert-OH is 1. The summed E-state index contributed by atoms with van der Waals surface area (Å²) in [6.45, 7) is -0.335. The van der Waals surface area contributed by atoms with Gasteiger partial charge in [-0.1, -0.05) is 18.2 Å². The highest BCUT2D eigenvalue weighted by Gasteiger charge is 2.14. The summed E-state index contributed by atoms with van der Waals surface area (Å²) in [5.41, 5.74) is 0.635. The first-order valence-electron chi connectivity index (χ1n) is 5.72. The molecule has 0 amide bonds. The van der Waals surface area contributed by atoms with Crippen LogP contribution in [0.15, 0.2) is 42.5 Å². The first-order chi connectivity index (χ1) is 9.11. The van der Waals surface area contributed by atoms with Crippen molar-refractivity contribution in [1.29, 1.82) is 0 Å². The van der Waals surface area contributed by atoms with Crippen molar-refractivity contribution in [1.82, 2.24) is 0 Å². The van der Waals surface area contributed by atoms with Crippen molar-refractivity contribution < 1.29 is 19.0 Å². The number of hydrogen-bond donors (Lipinski definition) is 3. The number of phenolic OH excluding ortho intramolecular Hbond substituents is 1. The van der Waals surface area contributed by atoms with Gasteiger partial charge in [-0.3, -0.25) is 0 Å². The maximum absolute atomic E-state index is 13.5. The van der Waals surface area contributed by atoms with Crippen LogP contribution in [-0.4, -0.2) is 16.8 Å². The van der Waals surface area contributed by atoms with Crippen LogP contribution in [0.2, 0.25) is 0 Å². The van der Waals surface area contributed by atoms with E-state index in [1.807, 2.05) is 0 Å². The van der Waals surface area contributed by atoms with Crippen molar-refractivity contribution in [2.24, 2.45) is 0 Å². The summed E-state index contributed by atoms with van der Waals surface area (Å²) in [6.07, 6.45) is 0. The van der Waals surface area contributed by atoms with Crippen LogP contribution in [0.5, 0.6) is 5.75 Å². The van der Waals surface area contributed by atoms with Gasteiger partial charge in [-0.25, -0.2) is 8.78 Å². The van der Waals surface area contributed by atoms with Crippen molar-refractivity contribution in [3.63, 3.8) is 0 Å². The molecule has 100 valence electrons. The van der Waals surface area contributed by atoms with E-state index in [4.69, 9.17) is 5.11 Å². The minimum Gasteiger partial charge on any atom is -0.505 e. The Bertz CT molecular complexity index is 575. The summed E-state index contributed by atoms with van der Waals surface area (Å²) in [5, 5.41) is 21.2. The van der Waals surface area contributed by atoms with E-state index in [2.05, 4.69) is 5.32 Å². The molecule has 3 nitrogen and oxygen atoms in total. The normalized spacial score (nSPS) is 12.2. The molecule has 0 bridgehead atoms. The minimum absolute atomic E-state index is 0.218. The number of rotatable bonds is 4. The molecule has 0 aliphatic heterocycles. The second-order valence-corrected chi connectivity index (χ2v) is 4.07. The predicted octanol–water partition coefficient (Wildman–Crippen LogP) is 2.82. The van der Waals surface area contributed by atoms with E-state index in [0.29, 0.717) is 5.56 Å². The van der Waals surface area contributed by atoms with Crippen LogP contribution in [0.1, 0.15) is 11.6 Å². The van der Waals surface area contributed by atoms with E-state index in [-0.39, 0.29) is 12.3 Å². The van der Waals surface area contributed by atoms with Gasteiger partial charge < -0.3 is 15.5 Å². The molecular formula is C14H13F2NO2. The summed E-state index contributed by atoms with van der Waals surface area (Å²) in [7, 11) is 0. The van der Waals surface area contributed by atoms with E-state index in [9.17, 15) is 13.9 Å². The summed E-state index contributed by atoms with van der Waals surface area (Å²) in [5.74, 6) is -1.71. The minimum atomic E-state index is -0.786. The van der Waals surface area contributed by atoms with E-state index in [0.717, 1.165) is 6.07 Å². The Morgan fingerprint density at radius 3 is 2.42 bits per heavy atom. The number of aliphatic hydroxyl groups is 1. The molecule has 0 saturated carbocycles. The summed E-state index contributed by atoms with van der Waals surface area (Å²) in [6, 6.07) is 9.11. The number of halogens is 2. The second-order valence-electron chi connectivity index (χ2n) is 4.07. The van der Waals surface area contributed by atoms with Crippen molar-refractivity contribution >= 4 is 5.69 Å². The predicted molar refractivity (Wildman–Crippen MR) is 67.9 cm³/mol. The molecule has 0 radical (unpaired) electrons. The lowest BCUT2D eigenvalue weighted by molar-refractivity contribution is 0.275. The second kappa shape index (κ2) is 5.67. The molecule has 0 spiro atoms. The SMILES string of the molecule is OCC(Nc1ccccc1F)c1ccc(O)c(F)c1. The van der Waals surface area contributed by atoms with Gasteiger partial charge >= 0.3 is 0 Å². The van der Waals surface area contributed by atoms with Crippen molar-refractivity contribution in [2.45, 2.75) is 6.04 Å². The van der Waals surface area contributed by atoms with Crippen molar-refractivity contribution in [3.05, 3.63) is 59.7 Å². The lowest BCUT2D eigenvalue weighted by Crippen LogP contribution is -2.15. The molecule has 0 heterocycles. The lowest BCUT2D eigenvalue weighted by atomic mass is 10.1. The van der Waals surface area contributed by atoms with Gasteiger partial charge in [-0.05, 0) is 29.8 Å². The molecule has 0 saturated heterocycles. The molecule has 3 N–H and O–H groups in total. The van der Waals surface area contributed by atoms with Crippen LogP contribution in [0, 0.1) is 11.6 Å². The third-order valence-corrected chi connectivity index (χ3v) is 2.76. The number of aromatic hydroxyl groups is 1. The molecule has 19 heavy (non-hydrogen) atoms. The Kier molecular flexibility index (Phi) is 3.97. The van der Waals surface area contributed by atoms with Crippen LogP contribution >= 0.6 is 0 Å². The zero-order valence-electron chi connectivity index (χ0n) is 9.98. The zero-order chi connectivity index (χ0) is 13.8. The van der Waals surface area contributed by atoms with Crippen LogP contribution in [0.3, 0.4) is 0 Å². The molecule has 2 aromatic rings. The molecule has 0 aliphatic rings. The van der Waals surface area contributed by atoms with E-state index < -0.39 is 23.4 Å². The van der Waals surface area contributed by atoms with Gasteiger partial charge in [0, 0.05) is 0 Å². The van der Waals surface area contributed by atoms with Crippen LogP contribution in [-0.2, 0) is 0 Å². The smallest absolute Gasteiger partial charge is 0.165 e. The maximum atomic E-state index is 13.5. The lowest BCUT2D eigenvalue weighted by Gasteiger charge is -2.18. The third kappa shape index (κ3) is 3.00. The van der Waals surface area contributed by atoms with E-state index in [1.165, 1.54) is 24.3 Å². The molecule has 2 rings (SSSR count). The molecule has 1 atom stereocenters. The Morgan fingerprint density at radius 2 is 1.79 bits per heavy atom. The van der Waals surface area contributed by atoms with Gasteiger partial charge in [0.25, 0.3) is 0 Å². The summed E-state index contributed by atoms with van der Waals surface area (Å²) < 4.78 is 26.7. The monoisotopic (exact) mass is 265 g/mol. The van der Waals surface area contributed by atoms with Gasteiger partial charge in [0.15, 0.2) is 11.6 Å². The van der Waals surface area contributed by atoms with Crippen molar-refractivity contribution in [3.8, 4) is 5.75 Å². The molecular weight excluding hydrogens is 252 g/mol. The van der Waals surface area contributed by atoms with E-state index >= 15 is 0 Å². The molecule has 0 fully saturated rings. The largest absolute Gasteiger partial charge is 0.505 e. The molecule has 0 aromatic heterocycles. The number of phenols is 1. The van der Waals surface area contributed by atoms with Gasteiger partial charge in [0.1, 0.15) is 5.82 Å². The summed E-state index contributed by atoms with van der Waals surface area (Å²) >= 11 is 0. The number of nitrogens with one attached hydrogen (secondary N) is 1. The highest BCUT2D eigenvalue weighted by molar-refractivity contribution is 5.47. The van der Waals surface area contributed by atoms with E-state index in [1.54, 1.807) is 12.1 Å². The molecule has 5 heteroatoms.